The molecule has 0 aromatic carbocycles. The molecule has 0 aliphatic carbocycles. The number of amides is 1. The number of hydrogen-bond acceptors (Lipinski definition) is 5. The zero-order valence-corrected chi connectivity index (χ0v) is 9.66. The topological polar surface area (TPSA) is 109 Å². The van der Waals surface area contributed by atoms with Gasteiger partial charge in [0.25, 0.3) is 11.5 Å². The molecule has 2 heterocycles. The Kier molecular flexibility index (Phi) is 2.97. The van der Waals surface area contributed by atoms with E-state index in [1.54, 1.807) is 0 Å². The number of nitrogens with zero attached hydrogens (tertiary/aromatic N) is 1. The zero-order chi connectivity index (χ0) is 12.5. The van der Waals surface area contributed by atoms with Crippen LogP contribution in [0.15, 0.2) is 16.9 Å². The van der Waals surface area contributed by atoms with E-state index in [1.165, 1.54) is 12.1 Å². The van der Waals surface area contributed by atoms with E-state index in [1.807, 2.05) is 0 Å². The van der Waals surface area contributed by atoms with Gasteiger partial charge in [-0.05, 0) is 12.5 Å². The third-order valence-corrected chi connectivity index (χ3v) is 4.25. The maximum absolute atomic E-state index is 11.6. The number of aromatic nitrogens is 2. The number of sulfone groups is 1. The summed E-state index contributed by atoms with van der Waals surface area (Å²) in [5, 5.41) is 8.26. The highest BCUT2D eigenvalue weighted by Crippen LogP contribution is 2.11. The number of hydrogen-bond donors (Lipinski definition) is 2. The van der Waals surface area contributed by atoms with Crippen LogP contribution in [0, 0.1) is 0 Å². The lowest BCUT2D eigenvalue weighted by molar-refractivity contribution is 0.0935. The molecule has 1 saturated heterocycles. The molecule has 1 unspecified atom stereocenters. The first-order chi connectivity index (χ1) is 7.96. The lowest BCUT2D eigenvalue weighted by Gasteiger charge is -2.09. The zero-order valence-electron chi connectivity index (χ0n) is 8.84. The fourth-order valence-corrected chi connectivity index (χ4v) is 3.31. The smallest absolute Gasteiger partial charge is 0.271 e. The molecule has 92 valence electrons. The average Bonchev–Trinajstić information content (AvgIpc) is 2.59. The second kappa shape index (κ2) is 4.28. The van der Waals surface area contributed by atoms with Crippen molar-refractivity contribution < 1.29 is 13.2 Å². The summed E-state index contributed by atoms with van der Waals surface area (Å²) in [7, 11) is -3.02. The summed E-state index contributed by atoms with van der Waals surface area (Å²) in [5.41, 5.74) is -0.334. The van der Waals surface area contributed by atoms with E-state index < -0.39 is 21.3 Å². The molecule has 1 fully saturated rings. The number of rotatable bonds is 2. The lowest BCUT2D eigenvalue weighted by Crippen LogP contribution is -2.36. The summed E-state index contributed by atoms with van der Waals surface area (Å²) in [6.45, 7) is 0. The molecule has 1 amide bonds. The molecule has 0 spiro atoms. The van der Waals surface area contributed by atoms with Gasteiger partial charge in [-0.2, -0.15) is 5.10 Å². The first kappa shape index (κ1) is 11.8. The van der Waals surface area contributed by atoms with Crippen molar-refractivity contribution in [2.24, 2.45) is 0 Å². The molecule has 7 nitrogen and oxygen atoms in total. The van der Waals surface area contributed by atoms with Gasteiger partial charge in [0.05, 0.1) is 11.5 Å². The van der Waals surface area contributed by atoms with Crippen molar-refractivity contribution in [2.45, 2.75) is 12.5 Å². The highest BCUT2D eigenvalue weighted by molar-refractivity contribution is 7.91. The highest BCUT2D eigenvalue weighted by atomic mass is 32.2. The molecule has 1 aromatic heterocycles. The Balaban J connectivity index is 2.03. The van der Waals surface area contributed by atoms with E-state index in [0.29, 0.717) is 6.42 Å². The van der Waals surface area contributed by atoms with E-state index in [2.05, 4.69) is 15.5 Å². The van der Waals surface area contributed by atoms with Gasteiger partial charge in [-0.25, -0.2) is 13.5 Å². The first-order valence-corrected chi connectivity index (χ1v) is 6.85. The molecule has 0 radical (unpaired) electrons. The first-order valence-electron chi connectivity index (χ1n) is 5.03. The van der Waals surface area contributed by atoms with Crippen LogP contribution in [0.25, 0.3) is 0 Å². The molecule has 1 aliphatic heterocycles. The number of nitrogens with one attached hydrogen (secondary N) is 2. The van der Waals surface area contributed by atoms with E-state index >= 15 is 0 Å². The van der Waals surface area contributed by atoms with Gasteiger partial charge in [-0.1, -0.05) is 0 Å². The van der Waals surface area contributed by atoms with Gasteiger partial charge < -0.3 is 5.32 Å². The van der Waals surface area contributed by atoms with Crippen LogP contribution in [0.1, 0.15) is 16.9 Å². The quantitative estimate of drug-likeness (QED) is 0.683. The molecule has 1 atom stereocenters. The Hall–Kier alpha value is -1.70. The van der Waals surface area contributed by atoms with E-state index in [0.717, 1.165) is 0 Å². The minimum Gasteiger partial charge on any atom is -0.347 e. The molecule has 8 heteroatoms. The fraction of sp³-hybridized carbons (Fsp3) is 0.444. The van der Waals surface area contributed by atoms with Crippen LogP contribution in [-0.2, 0) is 9.84 Å². The molecule has 0 saturated carbocycles. The Labute approximate surface area is 97.2 Å². The Morgan fingerprint density at radius 1 is 1.47 bits per heavy atom. The molecular weight excluding hydrogens is 246 g/mol. The summed E-state index contributed by atoms with van der Waals surface area (Å²) in [6.07, 6.45) is 0.414. The molecule has 2 N–H and O–H groups in total. The average molecular weight is 257 g/mol. The van der Waals surface area contributed by atoms with Gasteiger partial charge in [0.2, 0.25) is 0 Å². The lowest BCUT2D eigenvalue weighted by atomic mass is 10.2. The second-order valence-electron chi connectivity index (χ2n) is 3.88. The van der Waals surface area contributed by atoms with Crippen molar-refractivity contribution in [3.8, 4) is 0 Å². The van der Waals surface area contributed by atoms with Gasteiger partial charge in [-0.3, -0.25) is 9.59 Å². The van der Waals surface area contributed by atoms with Gasteiger partial charge in [0.15, 0.2) is 9.84 Å². The summed E-state index contributed by atoms with van der Waals surface area (Å²) < 4.78 is 22.4. The summed E-state index contributed by atoms with van der Waals surface area (Å²) in [6, 6.07) is 2.10. The van der Waals surface area contributed by atoms with E-state index in [-0.39, 0.29) is 23.2 Å². The number of H-pyrrole nitrogens is 1. The van der Waals surface area contributed by atoms with Crippen LogP contribution in [0.4, 0.5) is 0 Å². The monoisotopic (exact) mass is 257 g/mol. The third-order valence-electron chi connectivity index (χ3n) is 2.48. The summed E-state index contributed by atoms with van der Waals surface area (Å²) in [5.74, 6) is -0.428. The Bertz CT molecular complexity index is 572. The van der Waals surface area contributed by atoms with Crippen LogP contribution in [0.3, 0.4) is 0 Å². The van der Waals surface area contributed by atoms with Crippen LogP contribution >= 0.6 is 0 Å². The Morgan fingerprint density at radius 3 is 2.76 bits per heavy atom. The number of aromatic amines is 1. The van der Waals surface area contributed by atoms with Gasteiger partial charge in [0.1, 0.15) is 5.69 Å². The third kappa shape index (κ3) is 2.90. The van der Waals surface area contributed by atoms with Crippen molar-refractivity contribution in [2.75, 3.05) is 11.5 Å². The maximum Gasteiger partial charge on any atom is 0.271 e. The van der Waals surface area contributed by atoms with Crippen LogP contribution in [0.5, 0.6) is 0 Å². The van der Waals surface area contributed by atoms with E-state index in [9.17, 15) is 18.0 Å². The minimum absolute atomic E-state index is 0.0396. The van der Waals surface area contributed by atoms with Gasteiger partial charge in [-0.15, -0.1) is 0 Å². The van der Waals surface area contributed by atoms with Crippen molar-refractivity contribution in [3.05, 3.63) is 28.2 Å². The van der Waals surface area contributed by atoms with E-state index in [4.69, 9.17) is 0 Å². The maximum atomic E-state index is 11.6. The predicted octanol–water partition coefficient (Wildman–Crippen LogP) is -1.31. The second-order valence-corrected chi connectivity index (χ2v) is 6.11. The molecule has 1 aliphatic rings. The predicted molar refractivity (Wildman–Crippen MR) is 59.4 cm³/mol. The van der Waals surface area contributed by atoms with Crippen molar-refractivity contribution in [1.82, 2.24) is 15.5 Å². The SMILES string of the molecule is O=C(NC1CCS(=O)(=O)C1)c1ccc(=O)[nH]n1. The number of carbonyl (C=O) groups is 1. The Morgan fingerprint density at radius 2 is 2.24 bits per heavy atom. The van der Waals surface area contributed by atoms with Crippen molar-refractivity contribution >= 4 is 15.7 Å². The minimum atomic E-state index is -3.02. The largest absolute Gasteiger partial charge is 0.347 e. The number of carbonyl (C=O) groups excluding carboxylic acids is 1. The summed E-state index contributed by atoms with van der Waals surface area (Å²) in [4.78, 5) is 22.4. The van der Waals surface area contributed by atoms with Crippen LogP contribution in [0.2, 0.25) is 0 Å². The molecule has 0 bridgehead atoms. The van der Waals surface area contributed by atoms with Crippen molar-refractivity contribution in [3.63, 3.8) is 0 Å². The summed E-state index contributed by atoms with van der Waals surface area (Å²) >= 11 is 0. The highest BCUT2D eigenvalue weighted by Gasteiger charge is 2.29. The van der Waals surface area contributed by atoms with Gasteiger partial charge in [0, 0.05) is 12.1 Å². The van der Waals surface area contributed by atoms with Crippen LogP contribution < -0.4 is 10.9 Å². The molecular formula is C9H11N3O4S. The fourth-order valence-electron chi connectivity index (χ4n) is 1.64. The molecule has 17 heavy (non-hydrogen) atoms. The molecule has 1 aromatic rings. The van der Waals surface area contributed by atoms with Gasteiger partial charge >= 0.3 is 0 Å². The molecule has 2 rings (SSSR count). The van der Waals surface area contributed by atoms with Crippen LogP contribution in [-0.4, -0.2) is 42.1 Å². The van der Waals surface area contributed by atoms with Crippen molar-refractivity contribution in [1.29, 1.82) is 0 Å². The normalized spacial score (nSPS) is 22.2. The standard InChI is InChI=1S/C9H11N3O4S/c13-8-2-1-7(11-12-8)9(14)10-6-3-4-17(15,16)5-6/h1-2,6H,3-5H2,(H,10,14)(H,12,13).